The first-order valence-electron chi connectivity index (χ1n) is 8.77. The first-order chi connectivity index (χ1) is 13.8. The first-order valence-corrected chi connectivity index (χ1v) is 9.65. The van der Waals surface area contributed by atoms with E-state index in [2.05, 4.69) is 10.6 Å². The highest BCUT2D eigenvalue weighted by atomic mass is 32.2. The van der Waals surface area contributed by atoms with Crippen molar-refractivity contribution in [1.82, 2.24) is 0 Å². The fraction of sp³-hybridized carbons (Fsp3) is 0.143. The van der Waals surface area contributed by atoms with Gasteiger partial charge in [0.05, 0.1) is 16.5 Å². The van der Waals surface area contributed by atoms with E-state index in [1.807, 2.05) is 36.4 Å². The van der Waals surface area contributed by atoms with Crippen molar-refractivity contribution in [3.05, 3.63) is 66.2 Å². The van der Waals surface area contributed by atoms with E-state index < -0.39 is 22.9 Å². The zero-order chi connectivity index (χ0) is 20.6. The molecule has 0 unspecified atom stereocenters. The molecule has 3 aromatic carbocycles. The quantitative estimate of drug-likeness (QED) is 0.609. The average molecular weight is 416 g/mol. The number of hydrogen-bond donors (Lipinski definition) is 2. The topological polar surface area (TPSA) is 58.2 Å². The van der Waals surface area contributed by atoms with E-state index in [1.54, 1.807) is 6.07 Å². The SMILES string of the molecule is O=C(C[C@H]1Sc2ccc(C(F)(F)F)cc2NC1=O)Nc1cccc2ccccc12. The van der Waals surface area contributed by atoms with Crippen LogP contribution in [-0.2, 0) is 15.8 Å². The van der Waals surface area contributed by atoms with E-state index >= 15 is 0 Å². The molecule has 0 spiro atoms. The number of thioether (sulfide) groups is 1. The summed E-state index contributed by atoms with van der Waals surface area (Å²) in [5.74, 6) is -0.834. The van der Waals surface area contributed by atoms with Crippen LogP contribution in [0.25, 0.3) is 10.8 Å². The number of rotatable bonds is 3. The van der Waals surface area contributed by atoms with E-state index in [-0.39, 0.29) is 18.0 Å². The van der Waals surface area contributed by atoms with E-state index in [1.165, 1.54) is 6.07 Å². The monoisotopic (exact) mass is 416 g/mol. The number of hydrogen-bond acceptors (Lipinski definition) is 3. The summed E-state index contributed by atoms with van der Waals surface area (Å²) in [6.07, 6.45) is -4.58. The Morgan fingerprint density at radius 3 is 2.62 bits per heavy atom. The molecule has 0 radical (unpaired) electrons. The van der Waals surface area contributed by atoms with Gasteiger partial charge in [-0.05, 0) is 29.7 Å². The maximum absolute atomic E-state index is 12.8. The Kier molecular flexibility index (Phi) is 4.96. The van der Waals surface area contributed by atoms with Crippen molar-refractivity contribution in [2.75, 3.05) is 10.6 Å². The van der Waals surface area contributed by atoms with E-state index in [9.17, 15) is 22.8 Å². The fourth-order valence-corrected chi connectivity index (χ4v) is 4.26. The van der Waals surface area contributed by atoms with Gasteiger partial charge in [-0.2, -0.15) is 13.2 Å². The van der Waals surface area contributed by atoms with Gasteiger partial charge in [-0.25, -0.2) is 0 Å². The Hall–Kier alpha value is -3.00. The molecule has 1 aliphatic rings. The predicted molar refractivity (Wildman–Crippen MR) is 107 cm³/mol. The van der Waals surface area contributed by atoms with Crippen LogP contribution in [0.4, 0.5) is 24.5 Å². The van der Waals surface area contributed by atoms with Crippen LogP contribution in [-0.4, -0.2) is 17.1 Å². The number of carbonyl (C=O) groups excluding carboxylic acids is 2. The number of alkyl halides is 3. The van der Waals surface area contributed by atoms with E-state index in [0.29, 0.717) is 10.6 Å². The number of nitrogens with one attached hydrogen (secondary N) is 2. The molecular formula is C21H15F3N2O2S. The molecule has 29 heavy (non-hydrogen) atoms. The summed E-state index contributed by atoms with van der Waals surface area (Å²) in [5, 5.41) is 6.44. The third-order valence-electron chi connectivity index (χ3n) is 4.56. The average Bonchev–Trinajstić information content (AvgIpc) is 2.68. The molecule has 3 aromatic rings. The standard InChI is InChI=1S/C21H15F3N2O2S/c22-21(23,24)13-8-9-17-16(10-13)26-20(28)18(29-17)11-19(27)25-15-7-3-5-12-4-1-2-6-14(12)15/h1-10,18H,11H2,(H,25,27)(H,26,28)/t18-/m1/s1. The number of amides is 2. The van der Waals surface area contributed by atoms with Crippen molar-refractivity contribution in [1.29, 1.82) is 0 Å². The van der Waals surface area contributed by atoms with Crippen molar-refractivity contribution < 1.29 is 22.8 Å². The van der Waals surface area contributed by atoms with Gasteiger partial charge >= 0.3 is 6.18 Å². The van der Waals surface area contributed by atoms with Crippen molar-refractivity contribution in [3.8, 4) is 0 Å². The number of halogens is 3. The Labute approximate surface area is 168 Å². The minimum atomic E-state index is -4.49. The van der Waals surface area contributed by atoms with Crippen LogP contribution in [0.15, 0.2) is 65.6 Å². The fourth-order valence-electron chi connectivity index (χ4n) is 3.17. The van der Waals surface area contributed by atoms with Gasteiger partial charge in [0.25, 0.3) is 0 Å². The summed E-state index contributed by atoms with van der Waals surface area (Å²) in [7, 11) is 0. The third kappa shape index (κ3) is 4.07. The lowest BCUT2D eigenvalue weighted by Crippen LogP contribution is -2.32. The van der Waals surface area contributed by atoms with Gasteiger partial charge in [0.2, 0.25) is 11.8 Å². The number of carbonyl (C=O) groups is 2. The van der Waals surface area contributed by atoms with E-state index in [4.69, 9.17) is 0 Å². The van der Waals surface area contributed by atoms with Crippen LogP contribution < -0.4 is 10.6 Å². The van der Waals surface area contributed by atoms with Crippen molar-refractivity contribution in [3.63, 3.8) is 0 Å². The molecule has 0 fully saturated rings. The molecule has 0 aliphatic carbocycles. The molecule has 0 bridgehead atoms. The largest absolute Gasteiger partial charge is 0.416 e. The minimum Gasteiger partial charge on any atom is -0.325 e. The molecule has 0 aromatic heterocycles. The first kappa shape index (κ1) is 19.3. The van der Waals surface area contributed by atoms with Gasteiger partial charge in [0.15, 0.2) is 0 Å². The zero-order valence-corrected chi connectivity index (χ0v) is 15.7. The second-order valence-corrected chi connectivity index (χ2v) is 7.83. The molecule has 1 heterocycles. The van der Waals surface area contributed by atoms with Gasteiger partial charge < -0.3 is 10.6 Å². The normalized spacial score (nSPS) is 16.2. The molecular weight excluding hydrogens is 401 g/mol. The van der Waals surface area contributed by atoms with Gasteiger partial charge in [-0.15, -0.1) is 11.8 Å². The highest BCUT2D eigenvalue weighted by molar-refractivity contribution is 8.01. The third-order valence-corrected chi connectivity index (χ3v) is 5.84. The molecule has 148 valence electrons. The van der Waals surface area contributed by atoms with Crippen LogP contribution in [0, 0.1) is 0 Å². The smallest absolute Gasteiger partial charge is 0.325 e. The predicted octanol–water partition coefficient (Wildman–Crippen LogP) is 5.30. The molecule has 4 rings (SSSR count). The number of anilines is 2. The van der Waals surface area contributed by atoms with Crippen LogP contribution in [0.2, 0.25) is 0 Å². The molecule has 4 nitrogen and oxygen atoms in total. The molecule has 1 atom stereocenters. The van der Waals surface area contributed by atoms with Crippen LogP contribution in [0.1, 0.15) is 12.0 Å². The Morgan fingerprint density at radius 1 is 1.07 bits per heavy atom. The summed E-state index contributed by atoms with van der Waals surface area (Å²) in [6, 6.07) is 16.3. The Balaban J connectivity index is 1.49. The number of benzene rings is 3. The van der Waals surface area contributed by atoms with Crippen molar-refractivity contribution in [2.24, 2.45) is 0 Å². The molecule has 2 N–H and O–H groups in total. The second-order valence-electron chi connectivity index (χ2n) is 6.58. The summed E-state index contributed by atoms with van der Waals surface area (Å²) < 4.78 is 38.5. The molecule has 1 aliphatic heterocycles. The lowest BCUT2D eigenvalue weighted by atomic mass is 10.1. The molecule has 0 saturated heterocycles. The highest BCUT2D eigenvalue weighted by Crippen LogP contribution is 2.40. The summed E-state index contributed by atoms with van der Waals surface area (Å²) in [5.41, 5.74) is -0.0747. The molecule has 2 amide bonds. The lowest BCUT2D eigenvalue weighted by Gasteiger charge is -2.24. The van der Waals surface area contributed by atoms with Crippen molar-refractivity contribution >= 4 is 45.7 Å². The van der Waals surface area contributed by atoms with E-state index in [0.717, 1.165) is 34.7 Å². The Morgan fingerprint density at radius 2 is 1.83 bits per heavy atom. The van der Waals surface area contributed by atoms with Crippen molar-refractivity contribution in [2.45, 2.75) is 22.7 Å². The van der Waals surface area contributed by atoms with Gasteiger partial charge in [0, 0.05) is 22.4 Å². The maximum Gasteiger partial charge on any atom is 0.416 e. The van der Waals surface area contributed by atoms with Crippen LogP contribution in [0.5, 0.6) is 0 Å². The minimum absolute atomic E-state index is 0.0970. The maximum atomic E-state index is 12.8. The van der Waals surface area contributed by atoms with Gasteiger partial charge in [-0.1, -0.05) is 36.4 Å². The summed E-state index contributed by atoms with van der Waals surface area (Å²) >= 11 is 1.09. The Bertz CT molecular complexity index is 1110. The van der Waals surface area contributed by atoms with Gasteiger partial charge in [-0.3, -0.25) is 9.59 Å². The zero-order valence-electron chi connectivity index (χ0n) is 14.9. The van der Waals surface area contributed by atoms with Crippen LogP contribution >= 0.6 is 11.8 Å². The summed E-state index contributed by atoms with van der Waals surface area (Å²) in [6.45, 7) is 0. The molecule has 8 heteroatoms. The molecule has 0 saturated carbocycles. The highest BCUT2D eigenvalue weighted by Gasteiger charge is 2.34. The number of fused-ring (bicyclic) bond motifs is 2. The van der Waals surface area contributed by atoms with Gasteiger partial charge in [0.1, 0.15) is 0 Å². The lowest BCUT2D eigenvalue weighted by molar-refractivity contribution is -0.137. The summed E-state index contributed by atoms with van der Waals surface area (Å²) in [4.78, 5) is 25.3. The van der Waals surface area contributed by atoms with Crippen LogP contribution in [0.3, 0.4) is 0 Å². The second kappa shape index (κ2) is 7.44.